The molecule has 2 aromatic carbocycles. The third kappa shape index (κ3) is 4.56. The Labute approximate surface area is 194 Å². The third-order valence-electron chi connectivity index (χ3n) is 6.33. The van der Waals surface area contributed by atoms with E-state index in [-0.39, 0.29) is 22.9 Å². The molecule has 0 aromatic heterocycles. The highest BCUT2D eigenvalue weighted by Gasteiger charge is 2.42. The second-order valence-corrected chi connectivity index (χ2v) is 9.88. The minimum absolute atomic E-state index is 0.0648. The van der Waals surface area contributed by atoms with Crippen LogP contribution < -0.4 is 15.5 Å². The number of amides is 1. The molecule has 5 nitrogen and oxygen atoms in total. The average molecular weight is 448 g/mol. The van der Waals surface area contributed by atoms with Gasteiger partial charge in [0.05, 0.1) is 0 Å². The van der Waals surface area contributed by atoms with Crippen LogP contribution in [0.5, 0.6) is 0 Å². The molecule has 2 aromatic rings. The first kappa shape index (κ1) is 22.8. The maximum atomic E-state index is 13.5. The van der Waals surface area contributed by atoms with Crippen LogP contribution in [0.3, 0.4) is 0 Å². The molecule has 172 valence electrons. The summed E-state index contributed by atoms with van der Waals surface area (Å²) in [5.41, 5.74) is 5.08. The Morgan fingerprint density at radius 3 is 2.30 bits per heavy atom. The van der Waals surface area contributed by atoms with Crippen molar-refractivity contribution in [1.82, 2.24) is 5.32 Å². The van der Waals surface area contributed by atoms with Crippen molar-refractivity contribution in [2.75, 3.05) is 24.3 Å². The van der Waals surface area contributed by atoms with Crippen molar-refractivity contribution in [1.29, 1.82) is 0 Å². The smallest absolute Gasteiger partial charge is 0.254 e. The molecule has 0 saturated heterocycles. The molecule has 6 heteroatoms. The topological polar surface area (TPSA) is 61.4 Å². The van der Waals surface area contributed by atoms with E-state index in [2.05, 4.69) is 24.5 Å². The molecule has 2 N–H and O–H groups in total. The van der Waals surface area contributed by atoms with E-state index in [9.17, 15) is 14.0 Å². The lowest BCUT2D eigenvalue weighted by Gasteiger charge is -2.39. The molecule has 2 aliphatic rings. The summed E-state index contributed by atoms with van der Waals surface area (Å²) >= 11 is 0. The summed E-state index contributed by atoms with van der Waals surface area (Å²) in [5.74, 6) is -1.08. The Bertz CT molecular complexity index is 1160. The molecule has 1 atom stereocenters. The van der Waals surface area contributed by atoms with Gasteiger partial charge in [-0.05, 0) is 60.7 Å². The van der Waals surface area contributed by atoms with E-state index >= 15 is 0 Å². The van der Waals surface area contributed by atoms with Crippen molar-refractivity contribution in [2.45, 2.75) is 39.5 Å². The largest absolute Gasteiger partial charge is 0.378 e. The number of dihydropyridines is 1. The fraction of sp³-hybridized carbons (Fsp3) is 0.333. The van der Waals surface area contributed by atoms with Gasteiger partial charge in [-0.15, -0.1) is 0 Å². The Balaban J connectivity index is 1.79. The van der Waals surface area contributed by atoms with Crippen molar-refractivity contribution in [3.05, 3.63) is 82.5 Å². The van der Waals surface area contributed by atoms with E-state index in [1.165, 1.54) is 24.3 Å². The van der Waals surface area contributed by atoms with Gasteiger partial charge >= 0.3 is 0 Å². The highest BCUT2D eigenvalue weighted by Crippen LogP contribution is 2.46. The number of ketones is 1. The Morgan fingerprint density at radius 2 is 1.70 bits per heavy atom. The number of benzene rings is 2. The van der Waals surface area contributed by atoms with Crippen molar-refractivity contribution in [3.63, 3.8) is 0 Å². The van der Waals surface area contributed by atoms with E-state index in [0.29, 0.717) is 23.3 Å². The van der Waals surface area contributed by atoms with E-state index < -0.39 is 5.92 Å². The summed E-state index contributed by atoms with van der Waals surface area (Å²) in [5, 5.41) is 6.25. The Morgan fingerprint density at radius 1 is 1.06 bits per heavy atom. The molecule has 0 spiro atoms. The number of carbonyl (C=O) groups excluding carboxylic acids is 2. The van der Waals surface area contributed by atoms with Crippen molar-refractivity contribution in [3.8, 4) is 0 Å². The maximum absolute atomic E-state index is 13.5. The second-order valence-electron chi connectivity index (χ2n) is 9.88. The maximum Gasteiger partial charge on any atom is 0.254 e. The molecular weight excluding hydrogens is 417 g/mol. The van der Waals surface area contributed by atoms with E-state index in [1.807, 2.05) is 50.2 Å². The van der Waals surface area contributed by atoms with Gasteiger partial charge in [-0.1, -0.05) is 26.0 Å². The fourth-order valence-corrected chi connectivity index (χ4v) is 4.77. The summed E-state index contributed by atoms with van der Waals surface area (Å²) in [4.78, 5) is 28.9. The summed E-state index contributed by atoms with van der Waals surface area (Å²) < 4.78 is 13.3. The quantitative estimate of drug-likeness (QED) is 0.682. The standard InChI is InChI=1S/C27H30FN3O2/c1-16-23(26(33)30-19-10-8-18(28)9-11-19)24(17-6-12-20(13-7-17)31(4)5)25-21(29-16)14-27(2,3)15-22(25)32/h6-13,24,29H,14-15H2,1-5H3,(H,30,33)/t24-/m0/s1. The van der Waals surface area contributed by atoms with Gasteiger partial charge in [0.15, 0.2) is 5.78 Å². The number of allylic oxidation sites excluding steroid dienone is 3. The van der Waals surface area contributed by atoms with Crippen molar-refractivity contribution < 1.29 is 14.0 Å². The molecule has 0 fully saturated rings. The van der Waals surface area contributed by atoms with Crippen LogP contribution in [0.25, 0.3) is 0 Å². The minimum Gasteiger partial charge on any atom is -0.378 e. The van der Waals surface area contributed by atoms with E-state index in [1.54, 1.807) is 0 Å². The summed E-state index contributed by atoms with van der Waals surface area (Å²) in [6.45, 7) is 6.05. The highest BCUT2D eigenvalue weighted by molar-refractivity contribution is 6.10. The molecule has 1 heterocycles. The summed E-state index contributed by atoms with van der Waals surface area (Å²) in [7, 11) is 3.94. The SMILES string of the molecule is CC1=C(C(=O)Nc2ccc(F)cc2)[C@H](c2ccc(N(C)C)cc2)C2=C(CC(C)(C)CC2=O)N1. The summed E-state index contributed by atoms with van der Waals surface area (Å²) in [6, 6.07) is 13.6. The molecular formula is C27H30FN3O2. The number of hydrogen-bond donors (Lipinski definition) is 2. The predicted octanol–water partition coefficient (Wildman–Crippen LogP) is 5.13. The van der Waals surface area contributed by atoms with Crippen LogP contribution in [-0.2, 0) is 9.59 Å². The van der Waals surface area contributed by atoms with Gasteiger partial charge < -0.3 is 15.5 Å². The monoisotopic (exact) mass is 447 g/mol. The number of hydrogen-bond acceptors (Lipinski definition) is 4. The number of anilines is 2. The molecule has 1 aliphatic heterocycles. The number of rotatable bonds is 4. The molecule has 0 bridgehead atoms. The first-order chi connectivity index (χ1) is 15.6. The Kier molecular flexibility index (Phi) is 5.87. The number of halogens is 1. The average Bonchev–Trinajstić information content (AvgIpc) is 2.73. The lowest BCUT2D eigenvalue weighted by molar-refractivity contribution is -0.118. The normalized spacial score (nSPS) is 19.7. The summed E-state index contributed by atoms with van der Waals surface area (Å²) in [6.07, 6.45) is 1.18. The lowest BCUT2D eigenvalue weighted by Crippen LogP contribution is -2.39. The molecule has 1 amide bonds. The second kappa shape index (κ2) is 8.50. The van der Waals surface area contributed by atoms with Crippen LogP contribution in [0.1, 0.15) is 45.1 Å². The van der Waals surface area contributed by atoms with Crippen LogP contribution in [0.2, 0.25) is 0 Å². The first-order valence-corrected chi connectivity index (χ1v) is 11.1. The molecule has 1 aliphatic carbocycles. The molecule has 33 heavy (non-hydrogen) atoms. The first-order valence-electron chi connectivity index (χ1n) is 11.1. The molecule has 0 saturated carbocycles. The molecule has 4 rings (SSSR count). The van der Waals surface area contributed by atoms with Crippen LogP contribution >= 0.6 is 0 Å². The predicted molar refractivity (Wildman–Crippen MR) is 129 cm³/mol. The number of nitrogens with zero attached hydrogens (tertiary/aromatic N) is 1. The highest BCUT2D eigenvalue weighted by atomic mass is 19.1. The third-order valence-corrected chi connectivity index (χ3v) is 6.33. The van der Waals surface area contributed by atoms with Crippen molar-refractivity contribution in [2.24, 2.45) is 5.41 Å². The van der Waals surface area contributed by atoms with Gasteiger partial charge in [0.2, 0.25) is 0 Å². The number of nitrogens with one attached hydrogen (secondary N) is 2. The minimum atomic E-state index is -0.471. The van der Waals surface area contributed by atoms with E-state index in [0.717, 1.165) is 29.1 Å². The Hall–Kier alpha value is -3.41. The van der Waals surface area contributed by atoms with Gasteiger partial charge in [0.25, 0.3) is 5.91 Å². The van der Waals surface area contributed by atoms with Gasteiger partial charge in [-0.25, -0.2) is 4.39 Å². The zero-order valence-electron chi connectivity index (χ0n) is 19.8. The van der Waals surface area contributed by atoms with Gasteiger partial charge in [0.1, 0.15) is 5.82 Å². The molecule has 0 unspecified atom stereocenters. The van der Waals surface area contributed by atoms with Crippen LogP contribution in [0.4, 0.5) is 15.8 Å². The number of Topliss-reactive ketones (excluding diaryl/α,β-unsaturated/α-hetero) is 1. The van der Waals surface area contributed by atoms with Crippen molar-refractivity contribution >= 4 is 23.1 Å². The van der Waals surface area contributed by atoms with Gasteiger partial charge in [-0.2, -0.15) is 0 Å². The fourth-order valence-electron chi connectivity index (χ4n) is 4.77. The zero-order valence-corrected chi connectivity index (χ0v) is 19.8. The lowest BCUT2D eigenvalue weighted by atomic mass is 9.68. The van der Waals surface area contributed by atoms with Crippen LogP contribution in [-0.4, -0.2) is 25.8 Å². The number of carbonyl (C=O) groups is 2. The van der Waals surface area contributed by atoms with E-state index in [4.69, 9.17) is 0 Å². The van der Waals surface area contributed by atoms with Gasteiger partial charge in [0, 0.05) is 60.3 Å². The molecule has 0 radical (unpaired) electrons. The van der Waals surface area contributed by atoms with Crippen LogP contribution in [0.15, 0.2) is 71.1 Å². The zero-order chi connectivity index (χ0) is 23.9. The van der Waals surface area contributed by atoms with Gasteiger partial charge in [-0.3, -0.25) is 9.59 Å². The van der Waals surface area contributed by atoms with Crippen LogP contribution in [0, 0.1) is 11.2 Å².